The van der Waals surface area contributed by atoms with E-state index in [9.17, 15) is 60.3 Å². The number of ether oxygens (including phenoxy) is 7. The highest BCUT2D eigenvalue weighted by atomic mass is 32.1. The average molecular weight is 1310 g/mol. The van der Waals surface area contributed by atoms with Gasteiger partial charge in [-0.05, 0) is 59.5 Å². The lowest BCUT2D eigenvalue weighted by atomic mass is 9.73. The van der Waals surface area contributed by atoms with Crippen LogP contribution in [-0.4, -0.2) is 332 Å². The minimum atomic E-state index is -1.69. The van der Waals surface area contributed by atoms with Gasteiger partial charge in [0.1, 0.15) is 94.4 Å². The molecule has 1 saturated carbocycles. The van der Waals surface area contributed by atoms with Gasteiger partial charge in [0.25, 0.3) is 0 Å². The van der Waals surface area contributed by atoms with E-state index in [4.69, 9.17) is 33.2 Å². The van der Waals surface area contributed by atoms with Crippen molar-refractivity contribution in [2.24, 2.45) is 11.8 Å². The number of thiophene rings is 3. The zero-order valence-corrected chi connectivity index (χ0v) is 55.4. The summed E-state index contributed by atoms with van der Waals surface area (Å²) < 4.78 is 46.9. The first-order valence-corrected chi connectivity index (χ1v) is 32.7. The quantitative estimate of drug-likeness (QED) is 0.0359. The number of rotatable bonds is 37. The molecule has 0 bridgehead atoms. The largest absolute Gasteiger partial charge is 0.480 e. The van der Waals surface area contributed by atoms with Crippen molar-refractivity contribution in [2.75, 3.05) is 142 Å². The van der Waals surface area contributed by atoms with Gasteiger partial charge in [0.2, 0.25) is 0 Å². The zero-order valence-electron chi connectivity index (χ0n) is 52.9. The number of carboxylic acid groups (broad SMARTS) is 3. The molecular formula is C60H101N6O19S3+3. The van der Waals surface area contributed by atoms with Crippen LogP contribution in [-0.2, 0) is 67.2 Å². The second-order valence-corrected chi connectivity index (χ2v) is 30.2. The molecule has 18 atom stereocenters. The molecule has 3 aromatic rings. The molecule has 1 aliphatic carbocycles. The summed E-state index contributed by atoms with van der Waals surface area (Å²) in [4.78, 5) is 44.4. The number of likely N-dealkylation sites (N-methyl/N-ethyl adjacent to an activating group) is 3. The van der Waals surface area contributed by atoms with Crippen LogP contribution in [0.2, 0.25) is 0 Å². The number of nitrogens with zero attached hydrogens (tertiary/aromatic N) is 6. The zero-order chi connectivity index (χ0) is 64.8. The van der Waals surface area contributed by atoms with Crippen molar-refractivity contribution in [3.05, 3.63) is 67.2 Å². The first-order valence-electron chi connectivity index (χ1n) is 30.0. The van der Waals surface area contributed by atoms with Gasteiger partial charge in [-0.25, -0.2) is 14.4 Å². The lowest BCUT2D eigenvalue weighted by molar-refractivity contribution is -0.873. The van der Waals surface area contributed by atoms with Crippen molar-refractivity contribution in [1.29, 1.82) is 0 Å². The van der Waals surface area contributed by atoms with Crippen LogP contribution in [0.5, 0.6) is 0 Å². The maximum Gasteiger partial charge on any atom is 0.329 e. The summed E-state index contributed by atoms with van der Waals surface area (Å²) in [5, 5.41) is 110. The Morgan fingerprint density at radius 2 is 0.920 bits per heavy atom. The van der Waals surface area contributed by atoms with E-state index in [0.717, 1.165) is 14.6 Å². The Hall–Kier alpha value is -3.25. The molecule has 6 rings (SSSR count). The molecular weight excluding hydrogens is 1200 g/mol. The topological polar surface area (TPSA) is 308 Å². The van der Waals surface area contributed by atoms with E-state index in [1.165, 1.54) is 34.0 Å². The van der Waals surface area contributed by atoms with Crippen LogP contribution in [0.1, 0.15) is 34.9 Å². The summed E-state index contributed by atoms with van der Waals surface area (Å²) in [6.07, 6.45) is -15.9. The molecule has 2 saturated heterocycles. The normalized spacial score (nSPS) is 29.4. The molecule has 0 amide bonds. The monoisotopic (exact) mass is 1310 g/mol. The van der Waals surface area contributed by atoms with Crippen molar-refractivity contribution < 1.29 is 107 Å². The van der Waals surface area contributed by atoms with Crippen molar-refractivity contribution in [3.8, 4) is 0 Å². The highest BCUT2D eigenvalue weighted by molar-refractivity contribution is 7.10. The fourth-order valence-corrected chi connectivity index (χ4v) is 14.9. The molecule has 0 spiro atoms. The molecule has 2 aliphatic heterocycles. The van der Waals surface area contributed by atoms with E-state index in [1.54, 1.807) is 6.92 Å². The molecule has 500 valence electrons. The first-order chi connectivity index (χ1) is 41.2. The van der Waals surface area contributed by atoms with E-state index in [1.807, 2.05) is 138 Å². The second kappa shape index (κ2) is 33.5. The fourth-order valence-electron chi connectivity index (χ4n) is 12.7. The average Bonchev–Trinajstić information content (AvgIpc) is 1.16. The SMILES string of the molecule is C[C@@H]1[C@@H](COCC(=O)O)C[C@@H](O[C@H]2[C@H](O)[C@@H](N(Cc3cccs3)CC(O)C[N+](C)(C)C)[C@H](O[C@H]3[C@H](O)[C@@H](N(Cc4cccs4)CC(O)C[N+](C)(C)C)[C@H](C)O[C@@H]3COCC(=O)O)O[C@@H]2COCC(=O)O)[C@H](N(Cc2cccs2)CC(O)C[N+](C)(C)C)[C@H]1O. The van der Waals surface area contributed by atoms with Gasteiger partial charge < -0.3 is 92.6 Å². The van der Waals surface area contributed by atoms with Crippen LogP contribution in [0, 0.1) is 11.8 Å². The Bertz CT molecular complexity index is 2520. The van der Waals surface area contributed by atoms with Crippen LogP contribution in [0.3, 0.4) is 0 Å². The molecule has 3 aromatic heterocycles. The van der Waals surface area contributed by atoms with Crippen LogP contribution in [0.4, 0.5) is 0 Å². The molecule has 3 fully saturated rings. The van der Waals surface area contributed by atoms with Gasteiger partial charge in [-0.15, -0.1) is 34.0 Å². The van der Waals surface area contributed by atoms with Crippen LogP contribution in [0.15, 0.2) is 52.5 Å². The summed E-state index contributed by atoms with van der Waals surface area (Å²) in [5.41, 5.74) is 0. The summed E-state index contributed by atoms with van der Waals surface area (Å²) in [7, 11) is 17.5. The number of hydrogen-bond donors (Lipinski definition) is 9. The van der Waals surface area contributed by atoms with Gasteiger partial charge >= 0.3 is 17.9 Å². The maximum atomic E-state index is 13.7. The van der Waals surface area contributed by atoms with E-state index in [-0.39, 0.29) is 65.4 Å². The molecule has 5 heterocycles. The number of aliphatic hydroxyl groups is 6. The third-order valence-electron chi connectivity index (χ3n) is 16.0. The van der Waals surface area contributed by atoms with E-state index < -0.39 is 154 Å². The molecule has 3 unspecified atom stereocenters. The second-order valence-electron chi connectivity index (χ2n) is 27.1. The molecule has 0 aromatic carbocycles. The van der Waals surface area contributed by atoms with E-state index in [0.29, 0.717) is 26.5 Å². The van der Waals surface area contributed by atoms with Crippen LogP contribution >= 0.6 is 34.0 Å². The first kappa shape index (κ1) is 73.8. The number of aliphatic carboxylic acids is 3. The van der Waals surface area contributed by atoms with Gasteiger partial charge in [0.05, 0.1) is 120 Å². The van der Waals surface area contributed by atoms with Gasteiger partial charge in [-0.1, -0.05) is 25.1 Å². The Morgan fingerprint density at radius 3 is 1.32 bits per heavy atom. The molecule has 0 radical (unpaired) electrons. The van der Waals surface area contributed by atoms with E-state index in [2.05, 4.69) is 0 Å². The van der Waals surface area contributed by atoms with Crippen LogP contribution < -0.4 is 0 Å². The number of carbonyl (C=O) groups is 3. The fraction of sp³-hybridized carbons (Fsp3) is 0.750. The lowest BCUT2D eigenvalue weighted by Gasteiger charge is -2.54. The molecule has 3 aliphatic rings. The Morgan fingerprint density at radius 1 is 0.545 bits per heavy atom. The molecule has 9 N–H and O–H groups in total. The molecule has 25 nitrogen and oxygen atoms in total. The van der Waals surface area contributed by atoms with Gasteiger partial charge in [-0.3, -0.25) is 14.7 Å². The van der Waals surface area contributed by atoms with Crippen molar-refractivity contribution in [2.45, 2.75) is 138 Å². The van der Waals surface area contributed by atoms with Crippen LogP contribution in [0.25, 0.3) is 0 Å². The van der Waals surface area contributed by atoms with Crippen molar-refractivity contribution >= 4 is 51.9 Å². The van der Waals surface area contributed by atoms with Gasteiger partial charge in [0, 0.05) is 53.9 Å². The van der Waals surface area contributed by atoms with Crippen molar-refractivity contribution in [1.82, 2.24) is 14.7 Å². The summed E-state index contributed by atoms with van der Waals surface area (Å²) >= 11 is 4.43. The predicted octanol–water partition coefficient (Wildman–Crippen LogP) is 0.678. The number of quaternary nitrogens is 3. The molecule has 28 heteroatoms. The predicted molar refractivity (Wildman–Crippen MR) is 329 cm³/mol. The third-order valence-corrected chi connectivity index (χ3v) is 18.6. The minimum absolute atomic E-state index is 0.0797. The Kier molecular flexibility index (Phi) is 28.1. The number of carboxylic acids is 3. The van der Waals surface area contributed by atoms with E-state index >= 15 is 0 Å². The Balaban J connectivity index is 1.52. The smallest absolute Gasteiger partial charge is 0.329 e. The lowest BCUT2D eigenvalue weighted by Crippen LogP contribution is -2.70. The highest BCUT2D eigenvalue weighted by Gasteiger charge is 2.56. The van der Waals surface area contributed by atoms with Gasteiger partial charge in [0.15, 0.2) is 6.29 Å². The summed E-state index contributed by atoms with van der Waals surface area (Å²) in [6, 6.07) is 8.37. The standard InChI is InChI=1S/C60H98N6O19S3/c1-37-39(31-79-34-49(70)71)21-46(53(55(37)76)62(26-44-16-13-19-87-44)23-41(68)29-65(6,7)8)83-58-48(33-81-36-51(74)75)84-60(54(57(58)78)63(27-45-17-14-20-88-45)24-42(69)30-66(9,10)11)85-59-47(32-80-35-50(72)73)82-38(2)52(56(59)77)61(25-43-15-12-18-86-43)22-40(67)28-64(3,4)5/h12-20,37-42,46-48,52-60,67-69,76-78H,21-36H2,1-11H3/p+3/t37-,38+,39-,40?,41?,42?,46-,47-,48-,52+,53+,54-,55+,56-,57-,58-,59-,60+/m1/s1. The summed E-state index contributed by atoms with van der Waals surface area (Å²) in [5.74, 6) is -4.76. The molecule has 88 heavy (non-hydrogen) atoms. The number of aliphatic hydroxyl groups excluding tert-OH is 6. The highest BCUT2D eigenvalue weighted by Crippen LogP contribution is 2.41. The Labute approximate surface area is 530 Å². The van der Waals surface area contributed by atoms with Crippen molar-refractivity contribution in [3.63, 3.8) is 0 Å². The third kappa shape index (κ3) is 23.1. The minimum Gasteiger partial charge on any atom is -0.480 e. The van der Waals surface area contributed by atoms with Gasteiger partial charge in [-0.2, -0.15) is 0 Å². The maximum absolute atomic E-state index is 13.7. The summed E-state index contributed by atoms with van der Waals surface area (Å²) in [6.45, 7) is 2.26. The number of hydrogen-bond acceptors (Lipinski definition) is 22.